The minimum absolute atomic E-state index is 0.180. The lowest BCUT2D eigenvalue weighted by atomic mass is 10.3. The molecule has 3 aromatic rings. The van der Waals surface area contributed by atoms with Crippen LogP contribution in [0.25, 0.3) is 10.9 Å². The van der Waals surface area contributed by atoms with Crippen LogP contribution in [-0.4, -0.2) is 38.7 Å². The highest BCUT2D eigenvalue weighted by molar-refractivity contribution is 6.36. The molecule has 28 heavy (non-hydrogen) atoms. The number of hydrogen-bond acceptors (Lipinski definition) is 7. The van der Waals surface area contributed by atoms with Gasteiger partial charge in [0.2, 0.25) is 5.88 Å². The number of hydrogen-bond donors (Lipinski definition) is 0. The standard InChI is InChI=1S/C17H16Cl2N4O5/c1-8(17(25)26-4)27-12-6-13(11(19)5-10(12)18)28-16-9-7-20-22(2)15(24)14(9)21-23(16)3/h5-8H,1-4H3/t8-/m0/s1. The quantitative estimate of drug-likeness (QED) is 0.578. The second-order valence-electron chi connectivity index (χ2n) is 5.86. The van der Waals surface area contributed by atoms with Gasteiger partial charge in [-0.25, -0.2) is 14.2 Å². The SMILES string of the molecule is COC(=O)[C@H](C)Oc1cc(Oc2c3cnn(C)c(=O)c3nn2C)c(Cl)cc1Cl. The van der Waals surface area contributed by atoms with Gasteiger partial charge >= 0.3 is 5.97 Å². The normalized spacial score (nSPS) is 12.1. The van der Waals surface area contributed by atoms with Crippen LogP contribution in [0.5, 0.6) is 17.4 Å². The Labute approximate surface area is 169 Å². The Hall–Kier alpha value is -2.78. The molecule has 2 aromatic heterocycles. The summed E-state index contributed by atoms with van der Waals surface area (Å²) in [4.78, 5) is 23.8. The van der Waals surface area contributed by atoms with Gasteiger partial charge in [0, 0.05) is 20.2 Å². The van der Waals surface area contributed by atoms with E-state index in [1.165, 1.54) is 48.8 Å². The summed E-state index contributed by atoms with van der Waals surface area (Å²) in [5.74, 6) is 0.0765. The molecule has 0 saturated heterocycles. The van der Waals surface area contributed by atoms with Gasteiger partial charge in [-0.3, -0.25) is 4.79 Å². The van der Waals surface area contributed by atoms with E-state index in [0.717, 1.165) is 0 Å². The van der Waals surface area contributed by atoms with Gasteiger partial charge in [0.25, 0.3) is 5.56 Å². The van der Waals surface area contributed by atoms with Gasteiger partial charge in [-0.05, 0) is 13.0 Å². The molecule has 0 N–H and O–H groups in total. The van der Waals surface area contributed by atoms with Crippen molar-refractivity contribution >= 4 is 40.1 Å². The molecule has 0 radical (unpaired) electrons. The number of ether oxygens (including phenoxy) is 3. The van der Waals surface area contributed by atoms with E-state index in [0.29, 0.717) is 5.39 Å². The number of esters is 1. The number of benzene rings is 1. The first-order valence-corrected chi connectivity index (χ1v) is 8.79. The summed E-state index contributed by atoms with van der Waals surface area (Å²) in [6.07, 6.45) is 0.584. The summed E-state index contributed by atoms with van der Waals surface area (Å²) >= 11 is 12.4. The smallest absolute Gasteiger partial charge is 0.346 e. The van der Waals surface area contributed by atoms with Crippen LogP contribution >= 0.6 is 23.2 Å². The number of nitrogens with zero attached hydrogens (tertiary/aromatic N) is 4. The van der Waals surface area contributed by atoms with Crippen LogP contribution in [0.15, 0.2) is 23.1 Å². The summed E-state index contributed by atoms with van der Waals surface area (Å²) in [7, 11) is 4.40. The Morgan fingerprint density at radius 3 is 2.50 bits per heavy atom. The third-order valence-corrected chi connectivity index (χ3v) is 4.51. The first kappa shape index (κ1) is 20.0. The van der Waals surface area contributed by atoms with Crippen molar-refractivity contribution in [2.24, 2.45) is 14.1 Å². The lowest BCUT2D eigenvalue weighted by Crippen LogP contribution is -2.25. The number of carbonyl (C=O) groups excluding carboxylic acids is 1. The Morgan fingerprint density at radius 1 is 1.14 bits per heavy atom. The largest absolute Gasteiger partial charge is 0.477 e. The average Bonchev–Trinajstić information content (AvgIpc) is 2.97. The number of fused-ring (bicyclic) bond motifs is 1. The predicted octanol–water partition coefficient (Wildman–Crippen LogP) is 2.71. The molecule has 1 aromatic carbocycles. The second kappa shape index (κ2) is 7.69. The number of aromatic nitrogens is 4. The summed E-state index contributed by atoms with van der Waals surface area (Å²) in [6, 6.07) is 2.87. The van der Waals surface area contributed by atoms with Crippen molar-refractivity contribution < 1.29 is 19.0 Å². The minimum Gasteiger partial charge on any atom is -0.477 e. The number of halogens is 2. The Bertz CT molecular complexity index is 1120. The van der Waals surface area contributed by atoms with E-state index in [2.05, 4.69) is 14.9 Å². The van der Waals surface area contributed by atoms with Gasteiger partial charge in [0.05, 0.1) is 28.7 Å². The maximum absolute atomic E-state index is 12.2. The van der Waals surface area contributed by atoms with Crippen LogP contribution in [0.1, 0.15) is 6.92 Å². The van der Waals surface area contributed by atoms with Crippen LogP contribution < -0.4 is 15.0 Å². The molecule has 0 aliphatic rings. The summed E-state index contributed by atoms with van der Waals surface area (Å²) in [5.41, 5.74) is -0.156. The van der Waals surface area contributed by atoms with Crippen molar-refractivity contribution in [3.8, 4) is 17.4 Å². The van der Waals surface area contributed by atoms with Crippen molar-refractivity contribution in [3.05, 3.63) is 38.7 Å². The Morgan fingerprint density at radius 2 is 1.82 bits per heavy atom. The molecular formula is C17H16Cl2N4O5. The van der Waals surface area contributed by atoms with Crippen LogP contribution in [0, 0.1) is 0 Å². The highest BCUT2D eigenvalue weighted by Gasteiger charge is 2.21. The molecule has 0 bridgehead atoms. The first-order chi connectivity index (χ1) is 13.2. The monoisotopic (exact) mass is 426 g/mol. The number of aryl methyl sites for hydroxylation is 2. The lowest BCUT2D eigenvalue weighted by molar-refractivity contribution is -0.147. The molecule has 0 unspecified atom stereocenters. The predicted molar refractivity (Wildman–Crippen MR) is 102 cm³/mol. The molecule has 0 saturated carbocycles. The van der Waals surface area contributed by atoms with E-state index in [9.17, 15) is 9.59 Å². The molecular weight excluding hydrogens is 411 g/mol. The van der Waals surface area contributed by atoms with Crippen molar-refractivity contribution in [3.63, 3.8) is 0 Å². The molecule has 0 spiro atoms. The maximum Gasteiger partial charge on any atom is 0.346 e. The van der Waals surface area contributed by atoms with Gasteiger partial charge in [0.15, 0.2) is 17.4 Å². The zero-order chi connectivity index (χ0) is 20.6. The molecule has 0 aliphatic carbocycles. The van der Waals surface area contributed by atoms with E-state index in [1.54, 1.807) is 7.05 Å². The third kappa shape index (κ3) is 3.63. The molecule has 0 amide bonds. The zero-order valence-corrected chi connectivity index (χ0v) is 16.9. The van der Waals surface area contributed by atoms with Gasteiger partial charge in [0.1, 0.15) is 5.75 Å². The van der Waals surface area contributed by atoms with E-state index < -0.39 is 12.1 Å². The van der Waals surface area contributed by atoms with Crippen molar-refractivity contribution in [1.29, 1.82) is 0 Å². The fourth-order valence-corrected chi connectivity index (χ4v) is 2.92. The molecule has 0 aliphatic heterocycles. The van der Waals surface area contributed by atoms with E-state index in [1.807, 2.05) is 0 Å². The number of carbonyl (C=O) groups is 1. The van der Waals surface area contributed by atoms with Crippen LogP contribution in [-0.2, 0) is 23.6 Å². The highest BCUT2D eigenvalue weighted by atomic mass is 35.5. The van der Waals surface area contributed by atoms with Crippen LogP contribution in [0.2, 0.25) is 10.0 Å². The molecule has 11 heteroatoms. The molecule has 1 atom stereocenters. The molecule has 148 valence electrons. The molecule has 3 rings (SSSR count). The third-order valence-electron chi connectivity index (χ3n) is 3.92. The van der Waals surface area contributed by atoms with Gasteiger partial charge in [-0.1, -0.05) is 23.2 Å². The average molecular weight is 427 g/mol. The van der Waals surface area contributed by atoms with Crippen molar-refractivity contribution in [1.82, 2.24) is 19.6 Å². The van der Waals surface area contributed by atoms with E-state index in [-0.39, 0.29) is 38.5 Å². The number of methoxy groups -OCH3 is 1. The first-order valence-electron chi connectivity index (χ1n) is 8.03. The zero-order valence-electron chi connectivity index (χ0n) is 15.4. The fraction of sp³-hybridized carbons (Fsp3) is 0.294. The Balaban J connectivity index is 2.01. The second-order valence-corrected chi connectivity index (χ2v) is 6.68. The van der Waals surface area contributed by atoms with Gasteiger partial charge in [-0.2, -0.15) is 10.2 Å². The van der Waals surface area contributed by atoms with Crippen molar-refractivity contribution in [2.45, 2.75) is 13.0 Å². The maximum atomic E-state index is 12.2. The van der Waals surface area contributed by atoms with Crippen molar-refractivity contribution in [2.75, 3.05) is 7.11 Å². The lowest BCUT2D eigenvalue weighted by Gasteiger charge is -2.16. The molecule has 0 fully saturated rings. The fourth-order valence-electron chi connectivity index (χ4n) is 2.46. The molecule has 2 heterocycles. The van der Waals surface area contributed by atoms with E-state index in [4.69, 9.17) is 32.7 Å². The highest BCUT2D eigenvalue weighted by Crippen LogP contribution is 2.39. The minimum atomic E-state index is -0.888. The van der Waals surface area contributed by atoms with Crippen LogP contribution in [0.3, 0.4) is 0 Å². The van der Waals surface area contributed by atoms with Gasteiger partial charge < -0.3 is 14.2 Å². The topological polar surface area (TPSA) is 97.5 Å². The number of rotatable bonds is 5. The van der Waals surface area contributed by atoms with Gasteiger partial charge in [-0.15, -0.1) is 0 Å². The Kier molecular flexibility index (Phi) is 5.48. The molecule has 9 nitrogen and oxygen atoms in total. The summed E-state index contributed by atoms with van der Waals surface area (Å²) in [6.45, 7) is 1.52. The summed E-state index contributed by atoms with van der Waals surface area (Å²) in [5, 5.41) is 8.98. The van der Waals surface area contributed by atoms with Crippen LogP contribution in [0.4, 0.5) is 0 Å². The van der Waals surface area contributed by atoms with E-state index >= 15 is 0 Å². The summed E-state index contributed by atoms with van der Waals surface area (Å²) < 4.78 is 18.6.